The van der Waals surface area contributed by atoms with Crippen LogP contribution in [0.15, 0.2) is 18.2 Å². The molecular weight excluding hydrogens is 398 g/mol. The maximum Gasteiger partial charge on any atom is 0.410 e. The van der Waals surface area contributed by atoms with Crippen LogP contribution in [0.3, 0.4) is 0 Å². The van der Waals surface area contributed by atoms with Crippen LogP contribution in [-0.4, -0.2) is 42.8 Å². The summed E-state index contributed by atoms with van der Waals surface area (Å²) >= 11 is 1.24. The second-order valence-corrected chi connectivity index (χ2v) is 7.57. The van der Waals surface area contributed by atoms with E-state index in [1.54, 1.807) is 30.0 Å². The number of ether oxygens (including phenoxy) is 3. The predicted octanol–water partition coefficient (Wildman–Crippen LogP) is 2.34. The zero-order valence-electron chi connectivity index (χ0n) is 15.6. The van der Waals surface area contributed by atoms with Gasteiger partial charge >= 0.3 is 6.09 Å². The van der Waals surface area contributed by atoms with E-state index in [2.05, 4.69) is 5.32 Å². The first-order valence-corrected chi connectivity index (χ1v) is 9.86. The molecule has 29 heavy (non-hydrogen) atoms. The zero-order chi connectivity index (χ0) is 20.5. The van der Waals surface area contributed by atoms with Crippen LogP contribution in [-0.2, 0) is 17.7 Å². The molecule has 1 aromatic heterocycles. The Morgan fingerprint density at radius 3 is 2.83 bits per heavy atom. The Hall–Kier alpha value is -3.27. The summed E-state index contributed by atoms with van der Waals surface area (Å²) < 4.78 is 15.6. The number of hydrogen-bond acceptors (Lipinski definition) is 7. The van der Waals surface area contributed by atoms with Gasteiger partial charge in [0.2, 0.25) is 6.79 Å². The first-order valence-electron chi connectivity index (χ1n) is 9.05. The van der Waals surface area contributed by atoms with E-state index in [1.165, 1.54) is 11.3 Å². The molecule has 9 nitrogen and oxygen atoms in total. The zero-order valence-corrected chi connectivity index (χ0v) is 16.5. The molecule has 0 unspecified atom stereocenters. The third kappa shape index (κ3) is 3.58. The molecule has 3 amide bonds. The second-order valence-electron chi connectivity index (χ2n) is 6.46. The van der Waals surface area contributed by atoms with Gasteiger partial charge in [-0.15, -0.1) is 11.3 Å². The largest absolute Gasteiger partial charge is 0.454 e. The Kier molecular flexibility index (Phi) is 5.01. The smallest absolute Gasteiger partial charge is 0.410 e. The average molecular weight is 417 g/mol. The Morgan fingerprint density at radius 1 is 1.28 bits per heavy atom. The molecule has 0 fully saturated rings. The fourth-order valence-electron chi connectivity index (χ4n) is 3.34. The first-order chi connectivity index (χ1) is 14.0. The van der Waals surface area contributed by atoms with E-state index < -0.39 is 17.9 Å². The molecule has 3 N–H and O–H groups in total. The Morgan fingerprint density at radius 2 is 2.07 bits per heavy atom. The van der Waals surface area contributed by atoms with Gasteiger partial charge in [-0.3, -0.25) is 9.59 Å². The number of carbonyl (C=O) groups excluding carboxylic acids is 3. The van der Waals surface area contributed by atoms with Gasteiger partial charge in [-0.2, -0.15) is 0 Å². The standard InChI is InChI=1S/C19H19N3O6S/c1-2-26-19(25)22-6-5-11-14(8-22)29-18(15(11)16(20)23)21-17(24)10-3-4-12-13(7-10)28-9-27-12/h3-4,7H,2,5-6,8-9H2,1H3,(H2,20,23)(H,21,24). The van der Waals surface area contributed by atoms with E-state index in [9.17, 15) is 14.4 Å². The summed E-state index contributed by atoms with van der Waals surface area (Å²) in [6.07, 6.45) is 0.0566. The molecular formula is C19H19N3O6S. The number of hydrogen-bond donors (Lipinski definition) is 2. The molecule has 2 aliphatic rings. The number of nitrogens with zero attached hydrogens (tertiary/aromatic N) is 1. The van der Waals surface area contributed by atoms with Crippen LogP contribution in [0.4, 0.5) is 9.80 Å². The number of carbonyl (C=O) groups is 3. The minimum Gasteiger partial charge on any atom is -0.454 e. The van der Waals surface area contributed by atoms with Crippen molar-refractivity contribution in [1.29, 1.82) is 0 Å². The van der Waals surface area contributed by atoms with Crippen LogP contribution < -0.4 is 20.5 Å². The van der Waals surface area contributed by atoms with Gasteiger partial charge < -0.3 is 30.2 Å². The third-order valence-electron chi connectivity index (χ3n) is 4.69. The molecule has 3 heterocycles. The van der Waals surface area contributed by atoms with Crippen molar-refractivity contribution in [2.24, 2.45) is 5.73 Å². The number of amides is 3. The number of anilines is 1. The molecule has 0 saturated carbocycles. The lowest BCUT2D eigenvalue weighted by Crippen LogP contribution is -2.36. The van der Waals surface area contributed by atoms with Crippen molar-refractivity contribution < 1.29 is 28.6 Å². The second kappa shape index (κ2) is 7.63. The molecule has 0 atom stereocenters. The number of fused-ring (bicyclic) bond motifs is 2. The molecule has 10 heteroatoms. The molecule has 152 valence electrons. The van der Waals surface area contributed by atoms with Crippen LogP contribution in [0.5, 0.6) is 11.5 Å². The highest BCUT2D eigenvalue weighted by Gasteiger charge is 2.30. The molecule has 1 aromatic carbocycles. The van der Waals surface area contributed by atoms with Crippen LogP contribution in [0.25, 0.3) is 0 Å². The number of rotatable bonds is 4. The molecule has 2 aliphatic heterocycles. The predicted molar refractivity (Wildman–Crippen MR) is 104 cm³/mol. The van der Waals surface area contributed by atoms with Crippen LogP contribution in [0.2, 0.25) is 0 Å². The minimum atomic E-state index is -0.618. The van der Waals surface area contributed by atoms with Gasteiger partial charge in [0.25, 0.3) is 11.8 Å². The lowest BCUT2D eigenvalue weighted by atomic mass is 10.0. The summed E-state index contributed by atoms with van der Waals surface area (Å²) in [7, 11) is 0. The van der Waals surface area contributed by atoms with Gasteiger partial charge in [0.05, 0.1) is 18.7 Å². The third-order valence-corrected chi connectivity index (χ3v) is 5.82. The normalized spacial score (nSPS) is 14.3. The van der Waals surface area contributed by atoms with Crippen molar-refractivity contribution in [2.75, 3.05) is 25.3 Å². The highest BCUT2D eigenvalue weighted by Crippen LogP contribution is 2.38. The van der Waals surface area contributed by atoms with Gasteiger partial charge in [0.15, 0.2) is 11.5 Å². The monoisotopic (exact) mass is 417 g/mol. The summed E-state index contributed by atoms with van der Waals surface area (Å²) in [6, 6.07) is 4.85. The molecule has 0 bridgehead atoms. The summed E-state index contributed by atoms with van der Waals surface area (Å²) in [5.41, 5.74) is 7.01. The number of primary amides is 1. The summed E-state index contributed by atoms with van der Waals surface area (Å²) in [4.78, 5) is 39.2. The lowest BCUT2D eigenvalue weighted by Gasteiger charge is -2.26. The maximum atomic E-state index is 12.7. The number of benzene rings is 1. The van der Waals surface area contributed by atoms with Gasteiger partial charge in [0, 0.05) is 17.0 Å². The quantitative estimate of drug-likeness (QED) is 0.788. The number of thiophene rings is 1. The van der Waals surface area contributed by atoms with Gasteiger partial charge in [0.1, 0.15) is 5.00 Å². The molecule has 0 aliphatic carbocycles. The summed E-state index contributed by atoms with van der Waals surface area (Å²) in [5.74, 6) is 0.0491. The SMILES string of the molecule is CCOC(=O)N1CCc2c(sc(NC(=O)c3ccc4c(c3)OCO4)c2C(N)=O)C1. The van der Waals surface area contributed by atoms with E-state index >= 15 is 0 Å². The van der Waals surface area contributed by atoms with Crippen molar-refractivity contribution in [3.8, 4) is 11.5 Å². The van der Waals surface area contributed by atoms with E-state index in [-0.39, 0.29) is 13.4 Å². The van der Waals surface area contributed by atoms with Crippen molar-refractivity contribution in [3.63, 3.8) is 0 Å². The maximum absolute atomic E-state index is 12.7. The Bertz CT molecular complexity index is 1000. The minimum absolute atomic E-state index is 0.112. The topological polar surface area (TPSA) is 120 Å². The van der Waals surface area contributed by atoms with E-state index in [0.29, 0.717) is 47.1 Å². The fraction of sp³-hybridized carbons (Fsp3) is 0.316. The van der Waals surface area contributed by atoms with Crippen molar-refractivity contribution >= 4 is 34.2 Å². The van der Waals surface area contributed by atoms with Crippen molar-refractivity contribution in [1.82, 2.24) is 4.90 Å². The Labute approximate surface area is 170 Å². The van der Waals surface area contributed by atoms with Crippen molar-refractivity contribution in [3.05, 3.63) is 39.8 Å². The molecule has 4 rings (SSSR count). The van der Waals surface area contributed by atoms with Gasteiger partial charge in [-0.25, -0.2) is 4.79 Å². The molecule has 0 radical (unpaired) electrons. The fourth-order valence-corrected chi connectivity index (χ4v) is 4.60. The molecule has 0 saturated heterocycles. The van der Waals surface area contributed by atoms with E-state index in [0.717, 1.165) is 10.4 Å². The molecule has 2 aromatic rings. The number of nitrogens with one attached hydrogen (secondary N) is 1. The summed E-state index contributed by atoms with van der Waals surface area (Å²) in [6.45, 7) is 2.86. The highest BCUT2D eigenvalue weighted by molar-refractivity contribution is 7.17. The number of nitrogens with two attached hydrogens (primary N) is 1. The average Bonchev–Trinajstić information content (AvgIpc) is 3.30. The Balaban J connectivity index is 1.59. The van der Waals surface area contributed by atoms with E-state index in [1.807, 2.05) is 0 Å². The summed E-state index contributed by atoms with van der Waals surface area (Å²) in [5, 5.41) is 3.14. The highest BCUT2D eigenvalue weighted by atomic mass is 32.1. The van der Waals surface area contributed by atoms with Crippen molar-refractivity contribution in [2.45, 2.75) is 19.9 Å². The molecule has 0 spiro atoms. The van der Waals surface area contributed by atoms with Crippen LogP contribution in [0.1, 0.15) is 38.1 Å². The lowest BCUT2D eigenvalue weighted by molar-refractivity contribution is 0.0997. The van der Waals surface area contributed by atoms with E-state index in [4.69, 9.17) is 19.9 Å². The van der Waals surface area contributed by atoms with Gasteiger partial charge in [-0.05, 0) is 37.1 Å². The van der Waals surface area contributed by atoms with Gasteiger partial charge in [-0.1, -0.05) is 0 Å². The van der Waals surface area contributed by atoms with Crippen LogP contribution in [0, 0.1) is 0 Å². The first kappa shape index (κ1) is 19.1. The van der Waals surface area contributed by atoms with Crippen LogP contribution >= 0.6 is 11.3 Å².